The predicted octanol–water partition coefficient (Wildman–Crippen LogP) is 1.84. The van der Waals surface area contributed by atoms with Crippen molar-refractivity contribution in [3.63, 3.8) is 0 Å². The molecular formula is C18H34F3N5O2S. The lowest BCUT2D eigenvalue weighted by Gasteiger charge is -2.32. The van der Waals surface area contributed by atoms with Crippen molar-refractivity contribution in [1.82, 2.24) is 19.8 Å². The number of aliphatic imine (C=N–C) groups is 1. The standard InChI is InChI=1S/C18H34F3N5O2S/c1-3-22-17(24-13-16-6-5-9-25(4-2)14-16)23-12-15-7-10-26(11-8-15)29(27,28)18(19,20)21/h15-16H,3-14H2,1-2H3,(H2,22,23,24). The summed E-state index contributed by atoms with van der Waals surface area (Å²) in [5.41, 5.74) is -5.23. The van der Waals surface area contributed by atoms with Gasteiger partial charge in [-0.1, -0.05) is 6.92 Å². The molecule has 170 valence electrons. The van der Waals surface area contributed by atoms with Crippen LogP contribution in [0, 0.1) is 11.8 Å². The van der Waals surface area contributed by atoms with E-state index in [2.05, 4.69) is 27.4 Å². The summed E-state index contributed by atoms with van der Waals surface area (Å²) >= 11 is 0. The van der Waals surface area contributed by atoms with Crippen LogP contribution in [-0.2, 0) is 10.0 Å². The molecule has 0 aromatic heterocycles. The van der Waals surface area contributed by atoms with E-state index >= 15 is 0 Å². The van der Waals surface area contributed by atoms with E-state index < -0.39 is 15.5 Å². The van der Waals surface area contributed by atoms with Crippen molar-refractivity contribution in [3.05, 3.63) is 0 Å². The molecule has 0 bridgehead atoms. The van der Waals surface area contributed by atoms with Crippen molar-refractivity contribution in [1.29, 1.82) is 0 Å². The fraction of sp³-hybridized carbons (Fsp3) is 0.944. The first kappa shape index (κ1) is 24.2. The lowest BCUT2D eigenvalue weighted by Crippen LogP contribution is -2.47. The molecule has 2 rings (SSSR count). The maximum absolute atomic E-state index is 12.7. The van der Waals surface area contributed by atoms with Gasteiger partial charge in [0.25, 0.3) is 0 Å². The number of sulfonamides is 1. The summed E-state index contributed by atoms with van der Waals surface area (Å²) in [5.74, 6) is 1.37. The van der Waals surface area contributed by atoms with Gasteiger partial charge < -0.3 is 15.5 Å². The van der Waals surface area contributed by atoms with Gasteiger partial charge in [-0.25, -0.2) is 8.42 Å². The molecule has 2 saturated heterocycles. The van der Waals surface area contributed by atoms with Gasteiger partial charge in [0.15, 0.2) is 5.96 Å². The van der Waals surface area contributed by atoms with Gasteiger partial charge in [0.05, 0.1) is 0 Å². The molecule has 2 fully saturated rings. The fourth-order valence-corrected chi connectivity index (χ4v) is 4.88. The molecule has 0 amide bonds. The number of nitrogens with zero attached hydrogens (tertiary/aromatic N) is 3. The molecule has 2 aliphatic heterocycles. The van der Waals surface area contributed by atoms with Gasteiger partial charge in [-0.05, 0) is 57.5 Å². The Labute approximate surface area is 172 Å². The van der Waals surface area contributed by atoms with Gasteiger partial charge >= 0.3 is 15.5 Å². The average Bonchev–Trinajstić information content (AvgIpc) is 2.69. The van der Waals surface area contributed by atoms with Crippen LogP contribution >= 0.6 is 0 Å². The first-order valence-corrected chi connectivity index (χ1v) is 11.9. The fourth-order valence-electron chi connectivity index (χ4n) is 3.89. The van der Waals surface area contributed by atoms with E-state index in [-0.39, 0.29) is 19.0 Å². The van der Waals surface area contributed by atoms with Crippen LogP contribution in [0.1, 0.15) is 39.5 Å². The molecule has 0 saturated carbocycles. The van der Waals surface area contributed by atoms with Crippen molar-refractivity contribution >= 4 is 16.0 Å². The summed E-state index contributed by atoms with van der Waals surface area (Å²) in [6.45, 7) is 9.25. The van der Waals surface area contributed by atoms with Gasteiger partial charge in [0, 0.05) is 39.3 Å². The topological polar surface area (TPSA) is 77.0 Å². The van der Waals surface area contributed by atoms with Gasteiger partial charge in [-0.3, -0.25) is 4.99 Å². The van der Waals surface area contributed by atoms with Gasteiger partial charge in [-0.2, -0.15) is 17.5 Å². The van der Waals surface area contributed by atoms with Gasteiger partial charge in [-0.15, -0.1) is 0 Å². The largest absolute Gasteiger partial charge is 0.511 e. The van der Waals surface area contributed by atoms with Crippen LogP contribution in [0.15, 0.2) is 4.99 Å². The van der Waals surface area contributed by atoms with Crippen LogP contribution in [-0.4, -0.2) is 81.4 Å². The molecule has 0 aromatic carbocycles. The van der Waals surface area contributed by atoms with E-state index in [0.717, 1.165) is 32.7 Å². The van der Waals surface area contributed by atoms with Crippen LogP contribution < -0.4 is 10.6 Å². The third-order valence-electron chi connectivity index (χ3n) is 5.67. The SMILES string of the molecule is CCNC(=NCC1CCCN(CC)C1)NCC1CCN(S(=O)(=O)C(F)(F)F)CC1. The third-order valence-corrected chi connectivity index (χ3v) is 7.30. The number of guanidine groups is 1. The van der Waals surface area contributed by atoms with Crippen molar-refractivity contribution < 1.29 is 21.6 Å². The molecular weight excluding hydrogens is 407 g/mol. The van der Waals surface area contributed by atoms with Gasteiger partial charge in [0.1, 0.15) is 0 Å². The Morgan fingerprint density at radius 1 is 1.07 bits per heavy atom. The molecule has 1 unspecified atom stereocenters. The molecule has 0 aromatic rings. The van der Waals surface area contributed by atoms with Crippen molar-refractivity contribution in [2.75, 3.05) is 52.4 Å². The molecule has 7 nitrogen and oxygen atoms in total. The minimum absolute atomic E-state index is 0.100. The zero-order valence-corrected chi connectivity index (χ0v) is 18.2. The second-order valence-corrected chi connectivity index (χ2v) is 9.72. The van der Waals surface area contributed by atoms with E-state index in [1.165, 1.54) is 12.8 Å². The summed E-state index contributed by atoms with van der Waals surface area (Å²) in [6, 6.07) is 0. The number of nitrogens with one attached hydrogen (secondary N) is 2. The monoisotopic (exact) mass is 441 g/mol. The maximum Gasteiger partial charge on any atom is 0.511 e. The molecule has 11 heteroatoms. The highest BCUT2D eigenvalue weighted by Gasteiger charge is 2.50. The Balaban J connectivity index is 1.81. The molecule has 29 heavy (non-hydrogen) atoms. The van der Waals surface area contributed by atoms with Gasteiger partial charge in [0.2, 0.25) is 0 Å². The summed E-state index contributed by atoms with van der Waals surface area (Å²) in [5, 5.41) is 6.48. The van der Waals surface area contributed by atoms with Crippen LogP contribution in [0.2, 0.25) is 0 Å². The Kier molecular flexibility index (Phi) is 9.02. The average molecular weight is 442 g/mol. The second kappa shape index (κ2) is 10.8. The predicted molar refractivity (Wildman–Crippen MR) is 108 cm³/mol. The lowest BCUT2D eigenvalue weighted by molar-refractivity contribution is -0.0496. The van der Waals surface area contributed by atoms with Crippen LogP contribution in [0.3, 0.4) is 0 Å². The Morgan fingerprint density at radius 3 is 2.34 bits per heavy atom. The normalized spacial score (nSPS) is 23.9. The first-order valence-electron chi connectivity index (χ1n) is 10.5. The molecule has 2 aliphatic rings. The number of hydrogen-bond donors (Lipinski definition) is 2. The molecule has 0 spiro atoms. The number of halogens is 3. The summed E-state index contributed by atoms with van der Waals surface area (Å²) in [4.78, 5) is 7.13. The summed E-state index contributed by atoms with van der Waals surface area (Å²) < 4.78 is 61.6. The minimum atomic E-state index is -5.23. The van der Waals surface area contributed by atoms with E-state index in [1.807, 2.05) is 6.92 Å². The maximum atomic E-state index is 12.7. The Hall–Kier alpha value is -1.07. The highest BCUT2D eigenvalue weighted by atomic mass is 32.2. The van der Waals surface area contributed by atoms with Crippen molar-refractivity contribution in [2.45, 2.75) is 45.0 Å². The smallest absolute Gasteiger partial charge is 0.357 e. The molecule has 1 atom stereocenters. The highest BCUT2D eigenvalue weighted by Crippen LogP contribution is 2.30. The first-order chi connectivity index (χ1) is 13.7. The van der Waals surface area contributed by atoms with E-state index in [1.54, 1.807) is 0 Å². The summed E-state index contributed by atoms with van der Waals surface area (Å²) in [6.07, 6.45) is 3.16. The van der Waals surface area contributed by atoms with E-state index in [0.29, 0.717) is 35.6 Å². The molecule has 2 heterocycles. The minimum Gasteiger partial charge on any atom is -0.357 e. The van der Waals surface area contributed by atoms with Crippen molar-refractivity contribution in [3.8, 4) is 0 Å². The number of likely N-dealkylation sites (tertiary alicyclic amines) is 1. The summed E-state index contributed by atoms with van der Waals surface area (Å²) in [7, 11) is -5.22. The second-order valence-electron chi connectivity index (χ2n) is 7.80. The molecule has 2 N–H and O–H groups in total. The van der Waals surface area contributed by atoms with Crippen LogP contribution in [0.4, 0.5) is 13.2 Å². The van der Waals surface area contributed by atoms with E-state index in [4.69, 9.17) is 0 Å². The number of piperidine rings is 2. The van der Waals surface area contributed by atoms with Crippen LogP contribution in [0.25, 0.3) is 0 Å². The Morgan fingerprint density at radius 2 is 1.76 bits per heavy atom. The number of hydrogen-bond acceptors (Lipinski definition) is 4. The molecule has 0 aliphatic carbocycles. The molecule has 0 radical (unpaired) electrons. The zero-order chi connectivity index (χ0) is 21.5. The van der Waals surface area contributed by atoms with E-state index in [9.17, 15) is 21.6 Å². The highest BCUT2D eigenvalue weighted by molar-refractivity contribution is 7.90. The number of rotatable bonds is 7. The lowest BCUT2D eigenvalue weighted by atomic mass is 9.98. The van der Waals surface area contributed by atoms with Crippen LogP contribution in [0.5, 0.6) is 0 Å². The van der Waals surface area contributed by atoms with Crippen molar-refractivity contribution in [2.24, 2.45) is 16.8 Å². The Bertz CT molecular complexity index is 634. The zero-order valence-electron chi connectivity index (χ0n) is 17.3. The quantitative estimate of drug-likeness (QED) is 0.466. The third kappa shape index (κ3) is 6.99. The number of alkyl halides is 3.